The smallest absolute Gasteiger partial charge is 0.296 e. The van der Waals surface area contributed by atoms with Crippen molar-refractivity contribution in [1.29, 1.82) is 0 Å². The number of hydrogen-bond donors (Lipinski definition) is 1. The number of benzene rings is 1. The van der Waals surface area contributed by atoms with Crippen LogP contribution in [0.2, 0.25) is 5.02 Å². The van der Waals surface area contributed by atoms with Crippen LogP contribution in [-0.2, 0) is 4.79 Å². The molecule has 6 heteroatoms. The van der Waals surface area contributed by atoms with Crippen LogP contribution in [0, 0.1) is 0 Å². The Morgan fingerprint density at radius 3 is 2.36 bits per heavy atom. The molecule has 0 spiro atoms. The van der Waals surface area contributed by atoms with E-state index in [-0.39, 0.29) is 11.9 Å². The maximum atomic E-state index is 12.8. The van der Waals surface area contributed by atoms with Crippen LogP contribution in [0.5, 0.6) is 0 Å². The number of nitrogens with zero attached hydrogens (tertiary/aromatic N) is 3. The van der Waals surface area contributed by atoms with E-state index in [0.29, 0.717) is 10.6 Å². The average molecular weight is 354 g/mol. The van der Waals surface area contributed by atoms with Crippen LogP contribution in [0.4, 0.5) is 0 Å². The van der Waals surface area contributed by atoms with E-state index in [1.54, 1.807) is 24.5 Å². The number of amides is 1. The van der Waals surface area contributed by atoms with Crippen molar-refractivity contribution in [2.75, 3.05) is 13.1 Å². The maximum absolute atomic E-state index is 12.8. The number of halogens is 1. The number of pyridine rings is 1. The van der Waals surface area contributed by atoms with Crippen molar-refractivity contribution in [2.24, 2.45) is 0 Å². The first-order chi connectivity index (χ1) is 12.2. The number of hydrogen-bond acceptors (Lipinski definition) is 4. The molecule has 0 saturated carbocycles. The SMILES string of the molecule is O=C1[N]N(C2CCNCC2)C(c2ccncc2)=C1c1ccc(Cl)cc1. The van der Waals surface area contributed by atoms with Crippen molar-refractivity contribution in [1.82, 2.24) is 20.7 Å². The van der Waals surface area contributed by atoms with Gasteiger partial charge in [-0.1, -0.05) is 23.7 Å². The lowest BCUT2D eigenvalue weighted by Gasteiger charge is -2.32. The van der Waals surface area contributed by atoms with Gasteiger partial charge in [0.1, 0.15) is 0 Å². The van der Waals surface area contributed by atoms with Crippen LogP contribution in [0.25, 0.3) is 11.3 Å². The van der Waals surface area contributed by atoms with Gasteiger partial charge in [0.05, 0.1) is 17.3 Å². The number of nitrogens with one attached hydrogen (secondary N) is 1. The monoisotopic (exact) mass is 353 g/mol. The average Bonchev–Trinajstić information content (AvgIpc) is 3.01. The van der Waals surface area contributed by atoms with Crippen LogP contribution in [0.1, 0.15) is 24.0 Å². The van der Waals surface area contributed by atoms with Crippen LogP contribution >= 0.6 is 11.6 Å². The van der Waals surface area contributed by atoms with E-state index in [1.165, 1.54) is 0 Å². The minimum absolute atomic E-state index is 0.201. The van der Waals surface area contributed by atoms with E-state index >= 15 is 0 Å². The van der Waals surface area contributed by atoms with Gasteiger partial charge in [0.2, 0.25) is 0 Å². The number of piperidine rings is 1. The summed E-state index contributed by atoms with van der Waals surface area (Å²) in [5.41, 5.74) is 7.66. The number of carbonyl (C=O) groups is 1. The second-order valence-corrected chi connectivity index (χ2v) is 6.63. The molecule has 1 amide bonds. The summed E-state index contributed by atoms with van der Waals surface area (Å²) in [5, 5.41) is 5.92. The molecule has 127 valence electrons. The topological polar surface area (TPSA) is 59.3 Å². The van der Waals surface area contributed by atoms with Crippen molar-refractivity contribution < 1.29 is 4.79 Å². The van der Waals surface area contributed by atoms with Gasteiger partial charge < -0.3 is 5.32 Å². The maximum Gasteiger partial charge on any atom is 0.296 e. The zero-order chi connectivity index (χ0) is 17.2. The number of aromatic nitrogens is 1. The molecule has 2 aromatic rings. The van der Waals surface area contributed by atoms with Crippen LogP contribution in [0.15, 0.2) is 48.8 Å². The molecule has 2 aliphatic rings. The predicted octanol–water partition coefficient (Wildman–Crippen LogP) is 2.72. The van der Waals surface area contributed by atoms with Gasteiger partial charge in [-0.25, -0.2) is 0 Å². The largest absolute Gasteiger partial charge is 0.317 e. The van der Waals surface area contributed by atoms with E-state index in [9.17, 15) is 4.79 Å². The molecule has 1 N–H and O–H groups in total. The molecule has 3 heterocycles. The molecule has 0 unspecified atom stereocenters. The molecule has 1 aromatic carbocycles. The molecule has 5 nitrogen and oxygen atoms in total. The highest BCUT2D eigenvalue weighted by Crippen LogP contribution is 2.37. The summed E-state index contributed by atoms with van der Waals surface area (Å²) in [7, 11) is 0. The predicted molar refractivity (Wildman–Crippen MR) is 97.4 cm³/mol. The Hall–Kier alpha value is -2.37. The third kappa shape index (κ3) is 3.13. The van der Waals surface area contributed by atoms with Gasteiger partial charge >= 0.3 is 0 Å². The van der Waals surface area contributed by atoms with Crippen molar-refractivity contribution >= 4 is 28.8 Å². The van der Waals surface area contributed by atoms with Crippen LogP contribution in [0.3, 0.4) is 0 Å². The van der Waals surface area contributed by atoms with Crippen molar-refractivity contribution in [3.8, 4) is 0 Å². The zero-order valence-electron chi connectivity index (χ0n) is 13.7. The molecule has 0 aliphatic carbocycles. The van der Waals surface area contributed by atoms with E-state index in [1.807, 2.05) is 29.3 Å². The Balaban J connectivity index is 1.84. The molecule has 4 rings (SSSR count). The van der Waals surface area contributed by atoms with Crippen LogP contribution < -0.4 is 10.7 Å². The third-order valence-corrected chi connectivity index (χ3v) is 4.87. The fraction of sp³-hybridized carbons (Fsp3) is 0.263. The van der Waals surface area contributed by atoms with E-state index in [4.69, 9.17) is 11.6 Å². The summed E-state index contributed by atoms with van der Waals surface area (Å²) in [5.74, 6) is -0.201. The number of rotatable bonds is 3. The van der Waals surface area contributed by atoms with Crippen molar-refractivity contribution in [2.45, 2.75) is 18.9 Å². The fourth-order valence-corrected chi connectivity index (χ4v) is 3.52. The molecule has 1 saturated heterocycles. The molecule has 2 aliphatic heterocycles. The summed E-state index contributed by atoms with van der Waals surface area (Å²) in [4.78, 5) is 16.9. The molecular formula is C19H18ClN4O. The second-order valence-electron chi connectivity index (χ2n) is 6.20. The first-order valence-corrected chi connectivity index (χ1v) is 8.78. The van der Waals surface area contributed by atoms with Gasteiger partial charge in [-0.05, 0) is 55.8 Å². The Morgan fingerprint density at radius 1 is 1.00 bits per heavy atom. The quantitative estimate of drug-likeness (QED) is 0.921. The van der Waals surface area contributed by atoms with Gasteiger partial charge in [-0.2, -0.15) is 0 Å². The normalized spacial score (nSPS) is 18.6. The Bertz CT molecular complexity index is 798. The molecule has 1 radical (unpaired) electrons. The highest BCUT2D eigenvalue weighted by molar-refractivity contribution is 6.31. The summed E-state index contributed by atoms with van der Waals surface area (Å²) >= 11 is 6.01. The Labute approximate surface area is 151 Å². The summed E-state index contributed by atoms with van der Waals surface area (Å²) in [6.07, 6.45) is 5.40. The van der Waals surface area contributed by atoms with Crippen molar-refractivity contribution in [3.63, 3.8) is 0 Å². The van der Waals surface area contributed by atoms with E-state index < -0.39 is 0 Å². The number of carbonyl (C=O) groups excluding carboxylic acids is 1. The molecule has 0 atom stereocenters. The second kappa shape index (κ2) is 6.86. The zero-order valence-corrected chi connectivity index (χ0v) is 14.4. The van der Waals surface area contributed by atoms with Gasteiger partial charge in [-0.3, -0.25) is 14.8 Å². The van der Waals surface area contributed by atoms with Gasteiger partial charge in [-0.15, -0.1) is 5.43 Å². The lowest BCUT2D eigenvalue weighted by molar-refractivity contribution is -0.118. The molecule has 0 bridgehead atoms. The van der Waals surface area contributed by atoms with Gasteiger partial charge in [0, 0.05) is 23.0 Å². The molecule has 25 heavy (non-hydrogen) atoms. The van der Waals surface area contributed by atoms with Crippen LogP contribution in [-0.4, -0.2) is 35.0 Å². The molecule has 1 fully saturated rings. The van der Waals surface area contributed by atoms with Crippen molar-refractivity contribution in [3.05, 3.63) is 64.9 Å². The Kier molecular flexibility index (Phi) is 4.42. The standard InChI is InChI=1S/C19H18ClN4O/c20-15-3-1-13(2-4-15)17-18(14-5-9-21-10-6-14)24(23-19(17)25)16-7-11-22-12-8-16/h1-6,9-10,16,22H,7-8,11-12H2. The first-order valence-electron chi connectivity index (χ1n) is 8.40. The summed E-state index contributed by atoms with van der Waals surface area (Å²) in [6, 6.07) is 11.4. The minimum Gasteiger partial charge on any atom is -0.317 e. The lowest BCUT2D eigenvalue weighted by Crippen LogP contribution is -2.44. The summed E-state index contributed by atoms with van der Waals surface area (Å²) in [6.45, 7) is 1.87. The summed E-state index contributed by atoms with van der Waals surface area (Å²) < 4.78 is 0. The molecular weight excluding hydrogens is 336 g/mol. The first kappa shape index (κ1) is 16.1. The lowest BCUT2D eigenvalue weighted by atomic mass is 9.98. The minimum atomic E-state index is -0.201. The third-order valence-electron chi connectivity index (χ3n) is 4.62. The highest BCUT2D eigenvalue weighted by atomic mass is 35.5. The fourth-order valence-electron chi connectivity index (χ4n) is 3.39. The Morgan fingerprint density at radius 2 is 1.68 bits per heavy atom. The van der Waals surface area contributed by atoms with Gasteiger partial charge in [0.15, 0.2) is 0 Å². The highest BCUT2D eigenvalue weighted by Gasteiger charge is 2.37. The van der Waals surface area contributed by atoms with E-state index in [0.717, 1.165) is 42.8 Å². The van der Waals surface area contributed by atoms with Gasteiger partial charge in [0.25, 0.3) is 5.91 Å². The molecule has 1 aromatic heterocycles. The van der Waals surface area contributed by atoms with E-state index in [2.05, 4.69) is 15.7 Å².